The van der Waals surface area contributed by atoms with Crippen molar-refractivity contribution < 1.29 is 26.4 Å². The van der Waals surface area contributed by atoms with E-state index in [1.165, 1.54) is 23.4 Å². The van der Waals surface area contributed by atoms with E-state index in [0.29, 0.717) is 31.0 Å². The number of fused-ring (bicyclic) bond motifs is 2. The minimum Gasteiger partial charge on any atom is -0.299 e. The third-order valence-electron chi connectivity index (χ3n) is 7.17. The summed E-state index contributed by atoms with van der Waals surface area (Å²) in [4.78, 5) is 12.6. The molecule has 2 aromatic carbocycles. The largest absolute Gasteiger partial charge is 0.299 e. The number of rotatable bonds is 4. The smallest absolute Gasteiger partial charge is 0.243 e. The van der Waals surface area contributed by atoms with Gasteiger partial charge in [-0.25, -0.2) is 26.3 Å². The summed E-state index contributed by atoms with van der Waals surface area (Å²) in [5.41, 5.74) is 1.51. The van der Waals surface area contributed by atoms with Crippen LogP contribution in [0.1, 0.15) is 24.6 Å². The molecule has 2 aliphatic rings. The zero-order chi connectivity index (χ0) is 24.3. The third kappa shape index (κ3) is 3.56. The fraction of sp³-hybridized carbons (Fsp3) is 0.333. The number of carbonyl (C=O) groups is 1. The SMILES string of the molecule is CC(=O)[C@]12Cc3cnn(-c4ccc(F)cc4)c3C[C@@H]1CCN(S(=O)(=O)c1ccc(F)c(F)c1)C2. The molecule has 0 amide bonds. The third-order valence-corrected chi connectivity index (χ3v) is 9.01. The second kappa shape index (κ2) is 8.06. The molecule has 0 spiro atoms. The van der Waals surface area contributed by atoms with E-state index in [9.17, 15) is 26.4 Å². The van der Waals surface area contributed by atoms with Gasteiger partial charge in [-0.3, -0.25) is 4.79 Å². The van der Waals surface area contributed by atoms with Gasteiger partial charge in [0, 0.05) is 24.2 Å². The first-order valence-corrected chi connectivity index (χ1v) is 12.3. The van der Waals surface area contributed by atoms with E-state index in [-0.39, 0.29) is 35.5 Å². The molecule has 2 atom stereocenters. The zero-order valence-corrected chi connectivity index (χ0v) is 19.2. The number of ketones is 1. The zero-order valence-electron chi connectivity index (χ0n) is 18.3. The monoisotopic (exact) mass is 489 g/mol. The summed E-state index contributed by atoms with van der Waals surface area (Å²) in [5, 5.41) is 4.45. The Kier molecular flexibility index (Phi) is 5.40. The minimum absolute atomic E-state index is 0.0461. The lowest BCUT2D eigenvalue weighted by Crippen LogP contribution is -2.57. The summed E-state index contributed by atoms with van der Waals surface area (Å²) in [5.74, 6) is -2.97. The molecule has 0 N–H and O–H groups in total. The van der Waals surface area contributed by atoms with Gasteiger partial charge in [0.2, 0.25) is 10.0 Å². The van der Waals surface area contributed by atoms with Gasteiger partial charge < -0.3 is 0 Å². The number of benzene rings is 2. The van der Waals surface area contributed by atoms with Crippen LogP contribution in [0.2, 0.25) is 0 Å². The van der Waals surface area contributed by atoms with Crippen molar-refractivity contribution in [3.05, 3.63) is 77.4 Å². The molecule has 3 aromatic rings. The molecule has 1 saturated heterocycles. The van der Waals surface area contributed by atoms with Crippen LogP contribution in [-0.2, 0) is 27.7 Å². The van der Waals surface area contributed by atoms with Crippen molar-refractivity contribution >= 4 is 15.8 Å². The molecule has 2 heterocycles. The Hall–Kier alpha value is -2.98. The van der Waals surface area contributed by atoms with Gasteiger partial charge in [-0.05, 0) is 80.1 Å². The van der Waals surface area contributed by atoms with Crippen LogP contribution in [0.25, 0.3) is 5.69 Å². The van der Waals surface area contributed by atoms with Gasteiger partial charge in [-0.15, -0.1) is 0 Å². The van der Waals surface area contributed by atoms with Crippen molar-refractivity contribution in [3.8, 4) is 5.69 Å². The summed E-state index contributed by atoms with van der Waals surface area (Å²) in [6.07, 6.45) is 2.93. The molecule has 0 saturated carbocycles. The van der Waals surface area contributed by atoms with E-state index in [1.807, 2.05) is 0 Å². The lowest BCUT2D eigenvalue weighted by molar-refractivity contribution is -0.133. The number of nitrogens with zero attached hydrogens (tertiary/aromatic N) is 3. The molecular formula is C24H22F3N3O3S. The first-order valence-electron chi connectivity index (χ1n) is 10.9. The predicted molar refractivity (Wildman–Crippen MR) is 117 cm³/mol. The minimum atomic E-state index is -4.12. The molecule has 1 fully saturated rings. The summed E-state index contributed by atoms with van der Waals surface area (Å²) < 4.78 is 69.9. The summed E-state index contributed by atoms with van der Waals surface area (Å²) in [6, 6.07) is 8.46. The van der Waals surface area contributed by atoms with Crippen molar-refractivity contribution in [2.24, 2.45) is 11.3 Å². The van der Waals surface area contributed by atoms with Gasteiger partial charge in [-0.2, -0.15) is 9.40 Å². The molecule has 0 unspecified atom stereocenters. The number of hydrogen-bond donors (Lipinski definition) is 0. The summed E-state index contributed by atoms with van der Waals surface area (Å²) >= 11 is 0. The Morgan fingerprint density at radius 3 is 2.50 bits per heavy atom. The van der Waals surface area contributed by atoms with E-state index in [2.05, 4.69) is 5.10 Å². The van der Waals surface area contributed by atoms with E-state index < -0.39 is 27.1 Å². The molecule has 34 heavy (non-hydrogen) atoms. The standard InChI is InChI=1S/C24H22F3N3O3S/c1-15(31)24-12-16-13-28-30(19-4-2-18(25)3-5-19)23(16)10-17(24)8-9-29(14-24)34(32,33)20-6-7-21(26)22(27)11-20/h2-7,11,13,17H,8-10,12,14H2,1H3/t17-,24+/m0/s1. The maximum Gasteiger partial charge on any atom is 0.243 e. The Balaban J connectivity index is 1.49. The molecule has 178 valence electrons. The van der Waals surface area contributed by atoms with Gasteiger partial charge >= 0.3 is 0 Å². The number of halogens is 3. The first kappa shape index (κ1) is 22.8. The lowest BCUT2D eigenvalue weighted by atomic mass is 9.61. The highest BCUT2D eigenvalue weighted by molar-refractivity contribution is 7.89. The van der Waals surface area contributed by atoms with Crippen molar-refractivity contribution in [1.82, 2.24) is 14.1 Å². The van der Waals surface area contributed by atoms with Crippen LogP contribution in [0, 0.1) is 28.8 Å². The van der Waals surface area contributed by atoms with Gasteiger partial charge in [0.25, 0.3) is 0 Å². The lowest BCUT2D eigenvalue weighted by Gasteiger charge is -2.48. The van der Waals surface area contributed by atoms with E-state index in [4.69, 9.17) is 0 Å². The van der Waals surface area contributed by atoms with Crippen LogP contribution in [0.3, 0.4) is 0 Å². The maximum absolute atomic E-state index is 13.7. The Bertz CT molecular complexity index is 1390. The number of aromatic nitrogens is 2. The molecule has 0 radical (unpaired) electrons. The van der Waals surface area contributed by atoms with Crippen LogP contribution in [-0.4, -0.2) is 41.4 Å². The van der Waals surface area contributed by atoms with Crippen LogP contribution >= 0.6 is 0 Å². The highest BCUT2D eigenvalue weighted by Crippen LogP contribution is 2.47. The number of hydrogen-bond acceptors (Lipinski definition) is 4. The van der Waals surface area contributed by atoms with Gasteiger partial charge in [0.15, 0.2) is 11.6 Å². The molecule has 6 nitrogen and oxygen atoms in total. The number of Topliss-reactive ketones (excluding diaryl/α,β-unsaturated/α-hetero) is 1. The quantitative estimate of drug-likeness (QED) is 0.561. The van der Waals surface area contributed by atoms with Crippen molar-refractivity contribution in [3.63, 3.8) is 0 Å². The van der Waals surface area contributed by atoms with Crippen LogP contribution < -0.4 is 0 Å². The van der Waals surface area contributed by atoms with Crippen molar-refractivity contribution in [2.75, 3.05) is 13.1 Å². The molecule has 10 heteroatoms. The number of carbonyl (C=O) groups excluding carboxylic acids is 1. The molecule has 1 aliphatic carbocycles. The highest BCUT2D eigenvalue weighted by Gasteiger charge is 2.52. The fourth-order valence-corrected chi connectivity index (χ4v) is 6.80. The predicted octanol–water partition coefficient (Wildman–Crippen LogP) is 3.67. The summed E-state index contributed by atoms with van der Waals surface area (Å²) in [7, 11) is -4.12. The van der Waals surface area contributed by atoms with E-state index >= 15 is 0 Å². The number of sulfonamides is 1. The molecule has 1 aliphatic heterocycles. The second-order valence-corrected chi connectivity index (χ2v) is 10.9. The summed E-state index contributed by atoms with van der Waals surface area (Å²) in [6.45, 7) is 1.58. The average molecular weight is 490 g/mol. The highest BCUT2D eigenvalue weighted by atomic mass is 32.2. The second-order valence-electron chi connectivity index (χ2n) is 9.00. The fourth-order valence-electron chi connectivity index (χ4n) is 5.26. The molecule has 0 bridgehead atoms. The van der Waals surface area contributed by atoms with Gasteiger partial charge in [0.05, 0.1) is 16.8 Å². The molecule has 1 aromatic heterocycles. The Morgan fingerprint density at radius 1 is 1.09 bits per heavy atom. The number of piperidine rings is 1. The Morgan fingerprint density at radius 2 is 1.82 bits per heavy atom. The van der Waals surface area contributed by atoms with Crippen molar-refractivity contribution in [2.45, 2.75) is 31.1 Å². The van der Waals surface area contributed by atoms with Gasteiger partial charge in [-0.1, -0.05) is 0 Å². The van der Waals surface area contributed by atoms with E-state index in [0.717, 1.165) is 23.4 Å². The normalized spacial score (nSPS) is 22.8. The van der Waals surface area contributed by atoms with Gasteiger partial charge in [0.1, 0.15) is 11.6 Å². The first-order chi connectivity index (χ1) is 16.1. The van der Waals surface area contributed by atoms with Crippen molar-refractivity contribution in [1.29, 1.82) is 0 Å². The molecule has 5 rings (SSSR count). The van der Waals surface area contributed by atoms with E-state index in [1.54, 1.807) is 23.0 Å². The average Bonchev–Trinajstić information content (AvgIpc) is 3.21. The Labute approximate surface area is 195 Å². The molecular weight excluding hydrogens is 467 g/mol. The maximum atomic E-state index is 13.7. The topological polar surface area (TPSA) is 72.3 Å². The van der Waals surface area contributed by atoms with Crippen LogP contribution in [0.5, 0.6) is 0 Å². The van der Waals surface area contributed by atoms with Crippen LogP contribution in [0.15, 0.2) is 53.6 Å². The van der Waals surface area contributed by atoms with Crippen LogP contribution in [0.4, 0.5) is 13.2 Å².